The van der Waals surface area contributed by atoms with E-state index >= 15 is 0 Å². The van der Waals surface area contributed by atoms with Crippen molar-refractivity contribution in [2.45, 2.75) is 6.92 Å². The van der Waals surface area contributed by atoms with Crippen LogP contribution in [0.5, 0.6) is 0 Å². The molecule has 86 valence electrons. The monoisotopic (exact) mass is 222 g/mol. The second kappa shape index (κ2) is 5.66. The number of aromatic nitrogens is 1. The normalized spacial score (nSPS) is 11.0. The van der Waals surface area contributed by atoms with Crippen molar-refractivity contribution in [1.82, 2.24) is 10.3 Å². The fourth-order valence-corrected chi connectivity index (χ4v) is 0.969. The molecular formula is C9H14N6O. The molecule has 0 spiro atoms. The summed E-state index contributed by atoms with van der Waals surface area (Å²) in [4.78, 5) is 15.5. The molecule has 0 fully saturated rings. The van der Waals surface area contributed by atoms with Crippen LogP contribution in [-0.2, 0) is 0 Å². The molecular weight excluding hydrogens is 208 g/mol. The van der Waals surface area contributed by atoms with Crippen molar-refractivity contribution < 1.29 is 4.79 Å². The number of nitrogen functional groups attached to an aromatic ring is 1. The van der Waals surface area contributed by atoms with Gasteiger partial charge in [-0.3, -0.25) is 4.79 Å². The number of pyridine rings is 1. The summed E-state index contributed by atoms with van der Waals surface area (Å²) in [6, 6.07) is 3.23. The predicted molar refractivity (Wildman–Crippen MR) is 61.7 cm³/mol. The molecule has 0 atom stereocenters. The van der Waals surface area contributed by atoms with E-state index in [-0.39, 0.29) is 5.91 Å². The molecule has 1 aromatic rings. The highest BCUT2D eigenvalue weighted by Gasteiger charge is 2.05. The number of rotatable bonds is 4. The number of hydrogen-bond acceptors (Lipinski definition) is 6. The number of carbonyl (C=O) groups excluding carboxylic acids is 1. The van der Waals surface area contributed by atoms with Gasteiger partial charge in [-0.1, -0.05) is 0 Å². The number of hydrogen-bond donors (Lipinski definition) is 4. The topological polar surface area (TPSA) is 118 Å². The van der Waals surface area contributed by atoms with Crippen molar-refractivity contribution >= 4 is 17.4 Å². The van der Waals surface area contributed by atoms with Gasteiger partial charge in [-0.15, -0.1) is 0 Å². The molecule has 7 nitrogen and oxygen atoms in total. The molecule has 1 amide bonds. The zero-order valence-corrected chi connectivity index (χ0v) is 8.90. The Bertz CT molecular complexity index is 385. The molecule has 0 unspecified atom stereocenters. The molecule has 0 aromatic carbocycles. The van der Waals surface area contributed by atoms with E-state index in [2.05, 4.69) is 20.8 Å². The average molecular weight is 222 g/mol. The van der Waals surface area contributed by atoms with Gasteiger partial charge in [-0.25, -0.2) is 10.8 Å². The molecule has 0 aliphatic carbocycles. The molecule has 0 saturated heterocycles. The highest BCUT2D eigenvalue weighted by atomic mass is 16.1. The fraction of sp³-hybridized carbons (Fsp3) is 0.222. The fourth-order valence-electron chi connectivity index (χ4n) is 0.969. The minimum atomic E-state index is -0.237. The molecule has 0 bridgehead atoms. The summed E-state index contributed by atoms with van der Waals surface area (Å²) >= 11 is 0. The van der Waals surface area contributed by atoms with Crippen LogP contribution in [0.15, 0.2) is 23.4 Å². The van der Waals surface area contributed by atoms with E-state index in [0.29, 0.717) is 23.6 Å². The van der Waals surface area contributed by atoms with Gasteiger partial charge in [0.2, 0.25) is 0 Å². The second-order valence-electron chi connectivity index (χ2n) is 3.12. The molecule has 0 aliphatic heterocycles. The van der Waals surface area contributed by atoms with E-state index < -0.39 is 0 Å². The zero-order valence-electron chi connectivity index (χ0n) is 8.90. The maximum Gasteiger partial charge on any atom is 0.253 e. The number of nitrogens with two attached hydrogens (primary N) is 2. The van der Waals surface area contributed by atoms with Crippen molar-refractivity contribution in [3.05, 3.63) is 23.9 Å². The quantitative estimate of drug-likeness (QED) is 0.309. The molecule has 1 heterocycles. The SMILES string of the molecule is CC(CNC(=O)c1ccc(NN)nc1)=NN. The van der Waals surface area contributed by atoms with Crippen LogP contribution in [0, 0.1) is 0 Å². The highest BCUT2D eigenvalue weighted by molar-refractivity contribution is 5.97. The number of anilines is 1. The predicted octanol–water partition coefficient (Wildman–Crippen LogP) is -0.568. The number of nitrogens with one attached hydrogen (secondary N) is 2. The first-order valence-electron chi connectivity index (χ1n) is 4.61. The Morgan fingerprint density at radius 3 is 2.81 bits per heavy atom. The van der Waals surface area contributed by atoms with Crippen LogP contribution in [0.3, 0.4) is 0 Å². The van der Waals surface area contributed by atoms with Gasteiger partial charge in [0.05, 0.1) is 17.8 Å². The Morgan fingerprint density at radius 2 is 2.31 bits per heavy atom. The van der Waals surface area contributed by atoms with Crippen LogP contribution in [0.1, 0.15) is 17.3 Å². The molecule has 1 rings (SSSR count). The average Bonchev–Trinajstić information content (AvgIpc) is 2.35. The molecule has 0 saturated carbocycles. The van der Waals surface area contributed by atoms with Gasteiger partial charge in [0.1, 0.15) is 5.82 Å². The third kappa shape index (κ3) is 3.21. The molecule has 6 N–H and O–H groups in total. The maximum absolute atomic E-state index is 11.6. The van der Waals surface area contributed by atoms with Crippen LogP contribution in [0.2, 0.25) is 0 Å². The summed E-state index contributed by atoms with van der Waals surface area (Å²) in [5.41, 5.74) is 3.46. The van der Waals surface area contributed by atoms with E-state index in [1.54, 1.807) is 19.1 Å². The Hall–Kier alpha value is -2.15. The van der Waals surface area contributed by atoms with Gasteiger partial charge in [0.25, 0.3) is 5.91 Å². The summed E-state index contributed by atoms with van der Waals surface area (Å²) in [5.74, 6) is 10.4. The van der Waals surface area contributed by atoms with E-state index in [1.165, 1.54) is 6.20 Å². The summed E-state index contributed by atoms with van der Waals surface area (Å²) < 4.78 is 0. The van der Waals surface area contributed by atoms with Gasteiger partial charge in [0.15, 0.2) is 0 Å². The lowest BCUT2D eigenvalue weighted by molar-refractivity contribution is 0.0959. The molecule has 0 radical (unpaired) electrons. The van der Waals surface area contributed by atoms with E-state index in [1.807, 2.05) is 0 Å². The van der Waals surface area contributed by atoms with Gasteiger partial charge < -0.3 is 16.6 Å². The van der Waals surface area contributed by atoms with Gasteiger partial charge in [-0.2, -0.15) is 5.10 Å². The summed E-state index contributed by atoms with van der Waals surface area (Å²) in [6.45, 7) is 2.03. The smallest absolute Gasteiger partial charge is 0.253 e. The summed E-state index contributed by atoms with van der Waals surface area (Å²) in [7, 11) is 0. The standard InChI is InChI=1S/C9H14N6O/c1-6(14-10)4-13-9(16)7-2-3-8(15-11)12-5-7/h2-3,5H,4,10-11H2,1H3,(H,12,15)(H,13,16). The number of nitrogens with zero attached hydrogens (tertiary/aromatic N) is 2. The lowest BCUT2D eigenvalue weighted by Crippen LogP contribution is -2.29. The first-order valence-corrected chi connectivity index (χ1v) is 4.61. The lowest BCUT2D eigenvalue weighted by atomic mass is 10.2. The van der Waals surface area contributed by atoms with Crippen molar-refractivity contribution in [3.8, 4) is 0 Å². The lowest BCUT2D eigenvalue weighted by Gasteiger charge is -2.04. The van der Waals surface area contributed by atoms with E-state index in [4.69, 9.17) is 11.7 Å². The maximum atomic E-state index is 11.6. The minimum absolute atomic E-state index is 0.237. The molecule has 1 aromatic heterocycles. The van der Waals surface area contributed by atoms with Crippen LogP contribution in [0.4, 0.5) is 5.82 Å². The van der Waals surface area contributed by atoms with Crippen LogP contribution in [-0.4, -0.2) is 23.1 Å². The Kier molecular flexibility index (Phi) is 4.22. The highest BCUT2D eigenvalue weighted by Crippen LogP contribution is 2.02. The van der Waals surface area contributed by atoms with Crippen LogP contribution in [0.25, 0.3) is 0 Å². The van der Waals surface area contributed by atoms with Gasteiger partial charge in [-0.05, 0) is 19.1 Å². The van der Waals surface area contributed by atoms with E-state index in [9.17, 15) is 4.79 Å². The van der Waals surface area contributed by atoms with Crippen molar-refractivity contribution in [2.24, 2.45) is 16.8 Å². The van der Waals surface area contributed by atoms with Crippen molar-refractivity contribution in [3.63, 3.8) is 0 Å². The van der Waals surface area contributed by atoms with Crippen molar-refractivity contribution in [2.75, 3.05) is 12.0 Å². The van der Waals surface area contributed by atoms with Crippen LogP contribution < -0.4 is 22.4 Å². The summed E-state index contributed by atoms with van der Waals surface area (Å²) in [5, 5.41) is 6.09. The number of hydrazine groups is 1. The molecule has 0 aliphatic rings. The Balaban J connectivity index is 2.59. The minimum Gasteiger partial charge on any atom is -0.347 e. The first kappa shape index (κ1) is 11.9. The van der Waals surface area contributed by atoms with Gasteiger partial charge >= 0.3 is 0 Å². The molecule has 16 heavy (non-hydrogen) atoms. The largest absolute Gasteiger partial charge is 0.347 e. The number of hydrazone groups is 1. The number of amides is 1. The third-order valence-corrected chi connectivity index (χ3v) is 1.90. The van der Waals surface area contributed by atoms with Gasteiger partial charge in [0, 0.05) is 6.20 Å². The molecule has 7 heteroatoms. The van der Waals surface area contributed by atoms with E-state index in [0.717, 1.165) is 0 Å². The summed E-state index contributed by atoms with van der Waals surface area (Å²) in [6.07, 6.45) is 1.43. The number of carbonyl (C=O) groups is 1. The Labute approximate surface area is 92.9 Å². The zero-order chi connectivity index (χ0) is 12.0. The first-order chi connectivity index (χ1) is 7.67. The Morgan fingerprint density at radius 1 is 1.56 bits per heavy atom. The second-order valence-corrected chi connectivity index (χ2v) is 3.12. The third-order valence-electron chi connectivity index (χ3n) is 1.90. The van der Waals surface area contributed by atoms with Crippen molar-refractivity contribution in [1.29, 1.82) is 0 Å². The van der Waals surface area contributed by atoms with Crippen LogP contribution >= 0.6 is 0 Å².